The van der Waals surface area contributed by atoms with Crippen LogP contribution in [0.1, 0.15) is 12.2 Å². The number of hydrogen-bond donors (Lipinski definition) is 0. The number of fused-ring (bicyclic) bond motifs is 1. The molecule has 0 radical (unpaired) electrons. The third kappa shape index (κ3) is 3.43. The fraction of sp³-hybridized carbons (Fsp3) is 0.500. The largest absolute Gasteiger partial charge is 0.383 e. The van der Waals surface area contributed by atoms with E-state index in [9.17, 15) is 9.59 Å². The third-order valence-corrected chi connectivity index (χ3v) is 4.73. The molecular formula is C18H23N3O4. The first-order chi connectivity index (χ1) is 12.0. The number of nitrogens with zero attached hydrogens (tertiary/aromatic N) is 3. The fourth-order valence-electron chi connectivity index (χ4n) is 3.39. The molecule has 1 aliphatic heterocycles. The van der Waals surface area contributed by atoms with Gasteiger partial charge in [0, 0.05) is 20.8 Å². The fourth-order valence-corrected chi connectivity index (χ4v) is 3.39. The summed E-state index contributed by atoms with van der Waals surface area (Å²) in [6, 6.07) is 7.13. The summed E-state index contributed by atoms with van der Waals surface area (Å²) in [5.41, 5.74) is 0.453. The molecule has 2 aromatic rings. The molecule has 25 heavy (non-hydrogen) atoms. The van der Waals surface area contributed by atoms with Crippen LogP contribution in [0.3, 0.4) is 0 Å². The second-order valence-corrected chi connectivity index (χ2v) is 6.32. The molecular weight excluding hydrogens is 322 g/mol. The van der Waals surface area contributed by atoms with Crippen LogP contribution in [0.15, 0.2) is 29.1 Å². The number of likely N-dealkylation sites (tertiary alicyclic amines) is 1. The van der Waals surface area contributed by atoms with E-state index in [1.807, 2.05) is 6.07 Å². The lowest BCUT2D eigenvalue weighted by Crippen LogP contribution is -2.42. The van der Waals surface area contributed by atoms with Crippen molar-refractivity contribution in [2.75, 3.05) is 27.4 Å². The van der Waals surface area contributed by atoms with E-state index >= 15 is 0 Å². The maximum Gasteiger partial charge on any atom is 0.261 e. The van der Waals surface area contributed by atoms with Crippen molar-refractivity contribution in [3.05, 3.63) is 40.4 Å². The Morgan fingerprint density at radius 1 is 1.32 bits per heavy atom. The molecule has 134 valence electrons. The summed E-state index contributed by atoms with van der Waals surface area (Å²) < 4.78 is 12.1. The number of aryl methyl sites for hydroxylation is 1. The molecule has 2 heterocycles. The Hall–Kier alpha value is -2.25. The monoisotopic (exact) mass is 345 g/mol. The van der Waals surface area contributed by atoms with Crippen molar-refractivity contribution in [2.45, 2.75) is 32.0 Å². The van der Waals surface area contributed by atoms with Gasteiger partial charge >= 0.3 is 0 Å². The molecule has 0 unspecified atom stereocenters. The van der Waals surface area contributed by atoms with Crippen LogP contribution >= 0.6 is 0 Å². The standard InChI is InChI=1S/C18H23N3O4/c1-12-19-16-7-5-4-6-15(16)18(23)20(12)10-17(22)21-9-14(25-3)8-13(21)11-24-2/h4-7,13-14H,8-11H2,1-3H3/t13-,14-/m0/s1. The van der Waals surface area contributed by atoms with Crippen LogP contribution in [0.4, 0.5) is 0 Å². The molecule has 1 saturated heterocycles. The van der Waals surface area contributed by atoms with E-state index in [0.717, 1.165) is 6.42 Å². The number of aromatic nitrogens is 2. The normalized spacial score (nSPS) is 20.4. The minimum Gasteiger partial charge on any atom is -0.383 e. The number of hydrogen-bond acceptors (Lipinski definition) is 5. The molecule has 7 nitrogen and oxygen atoms in total. The molecule has 0 bridgehead atoms. The van der Waals surface area contributed by atoms with Crippen molar-refractivity contribution in [2.24, 2.45) is 0 Å². The highest BCUT2D eigenvalue weighted by Gasteiger charge is 2.35. The molecule has 1 aromatic heterocycles. The Balaban J connectivity index is 1.88. The summed E-state index contributed by atoms with van der Waals surface area (Å²) in [7, 11) is 3.26. The summed E-state index contributed by atoms with van der Waals surface area (Å²) >= 11 is 0. The zero-order valence-corrected chi connectivity index (χ0v) is 14.8. The average Bonchev–Trinajstić information content (AvgIpc) is 3.02. The smallest absolute Gasteiger partial charge is 0.261 e. The summed E-state index contributed by atoms with van der Waals surface area (Å²) in [5, 5.41) is 0.519. The van der Waals surface area contributed by atoms with Crippen LogP contribution in [-0.4, -0.2) is 59.9 Å². The van der Waals surface area contributed by atoms with E-state index in [1.54, 1.807) is 44.2 Å². The number of methoxy groups -OCH3 is 2. The van der Waals surface area contributed by atoms with Gasteiger partial charge in [0.2, 0.25) is 5.91 Å². The molecule has 7 heteroatoms. The van der Waals surface area contributed by atoms with Gasteiger partial charge in [0.25, 0.3) is 5.56 Å². The minimum atomic E-state index is -0.192. The van der Waals surface area contributed by atoms with Crippen LogP contribution in [-0.2, 0) is 20.8 Å². The highest BCUT2D eigenvalue weighted by molar-refractivity contribution is 5.79. The van der Waals surface area contributed by atoms with E-state index < -0.39 is 0 Å². The predicted molar refractivity (Wildman–Crippen MR) is 93.5 cm³/mol. The third-order valence-electron chi connectivity index (χ3n) is 4.73. The van der Waals surface area contributed by atoms with Gasteiger partial charge in [-0.2, -0.15) is 0 Å². The summed E-state index contributed by atoms with van der Waals surface area (Å²) in [6.07, 6.45) is 0.733. The first-order valence-electron chi connectivity index (χ1n) is 8.32. The number of carbonyl (C=O) groups is 1. The first-order valence-corrected chi connectivity index (χ1v) is 8.32. The zero-order valence-electron chi connectivity index (χ0n) is 14.8. The topological polar surface area (TPSA) is 73.7 Å². The van der Waals surface area contributed by atoms with Gasteiger partial charge in [0.15, 0.2) is 0 Å². The molecule has 0 aliphatic carbocycles. The molecule has 0 spiro atoms. The summed E-state index contributed by atoms with van der Waals surface area (Å²) in [4.78, 5) is 31.8. The number of ether oxygens (including phenoxy) is 2. The van der Waals surface area contributed by atoms with Crippen LogP contribution < -0.4 is 5.56 Å². The second kappa shape index (κ2) is 7.33. The number of benzene rings is 1. The lowest BCUT2D eigenvalue weighted by molar-refractivity contribution is -0.134. The Labute approximate surface area is 146 Å². The van der Waals surface area contributed by atoms with Gasteiger partial charge in [0.05, 0.1) is 29.7 Å². The van der Waals surface area contributed by atoms with E-state index in [1.165, 1.54) is 4.57 Å². The van der Waals surface area contributed by atoms with E-state index in [-0.39, 0.29) is 30.2 Å². The number of carbonyl (C=O) groups excluding carboxylic acids is 1. The molecule has 1 fully saturated rings. The number of amides is 1. The van der Waals surface area contributed by atoms with Gasteiger partial charge < -0.3 is 14.4 Å². The Bertz CT molecular complexity index is 833. The SMILES string of the molecule is COC[C@@H]1C[C@H](OC)CN1C(=O)Cn1c(C)nc2ccccc2c1=O. The van der Waals surface area contributed by atoms with Crippen LogP contribution in [0.25, 0.3) is 10.9 Å². The van der Waals surface area contributed by atoms with Crippen molar-refractivity contribution in [1.82, 2.24) is 14.5 Å². The van der Waals surface area contributed by atoms with Crippen LogP contribution in [0, 0.1) is 6.92 Å². The lowest BCUT2D eigenvalue weighted by atomic mass is 10.2. The van der Waals surface area contributed by atoms with Crippen LogP contribution in [0.5, 0.6) is 0 Å². The Kier molecular flexibility index (Phi) is 5.15. The van der Waals surface area contributed by atoms with Crippen molar-refractivity contribution in [3.8, 4) is 0 Å². The summed E-state index contributed by atoms with van der Waals surface area (Å²) in [5.74, 6) is 0.409. The lowest BCUT2D eigenvalue weighted by Gasteiger charge is -2.24. The maximum absolute atomic E-state index is 12.8. The van der Waals surface area contributed by atoms with Gasteiger partial charge in [-0.25, -0.2) is 4.98 Å². The maximum atomic E-state index is 12.8. The second-order valence-electron chi connectivity index (χ2n) is 6.32. The van der Waals surface area contributed by atoms with Crippen molar-refractivity contribution in [1.29, 1.82) is 0 Å². The summed E-state index contributed by atoms with van der Waals surface area (Å²) in [6.45, 7) is 2.68. The Morgan fingerprint density at radius 3 is 2.80 bits per heavy atom. The van der Waals surface area contributed by atoms with Gasteiger partial charge in [-0.15, -0.1) is 0 Å². The van der Waals surface area contributed by atoms with Crippen molar-refractivity contribution < 1.29 is 14.3 Å². The molecule has 1 aliphatic rings. The highest BCUT2D eigenvalue weighted by Crippen LogP contribution is 2.21. The molecule has 0 saturated carbocycles. The quantitative estimate of drug-likeness (QED) is 0.807. The van der Waals surface area contributed by atoms with E-state index in [2.05, 4.69) is 4.98 Å². The average molecular weight is 345 g/mol. The molecule has 3 rings (SSSR count). The van der Waals surface area contributed by atoms with Crippen molar-refractivity contribution in [3.63, 3.8) is 0 Å². The van der Waals surface area contributed by atoms with Gasteiger partial charge in [0.1, 0.15) is 12.4 Å². The first kappa shape index (κ1) is 17.6. The number of rotatable bonds is 5. The molecule has 0 N–H and O–H groups in total. The minimum absolute atomic E-state index is 0.00310. The van der Waals surface area contributed by atoms with Crippen LogP contribution in [0.2, 0.25) is 0 Å². The predicted octanol–water partition coefficient (Wildman–Crippen LogP) is 0.967. The molecule has 1 amide bonds. The van der Waals surface area contributed by atoms with E-state index in [0.29, 0.717) is 29.9 Å². The van der Waals surface area contributed by atoms with Gasteiger partial charge in [-0.05, 0) is 25.5 Å². The Morgan fingerprint density at radius 2 is 2.08 bits per heavy atom. The van der Waals surface area contributed by atoms with Gasteiger partial charge in [-0.3, -0.25) is 14.2 Å². The molecule has 2 atom stereocenters. The van der Waals surface area contributed by atoms with E-state index in [4.69, 9.17) is 9.47 Å². The molecule has 1 aromatic carbocycles. The zero-order chi connectivity index (χ0) is 18.0. The number of para-hydroxylation sites is 1. The van der Waals surface area contributed by atoms with Gasteiger partial charge in [-0.1, -0.05) is 12.1 Å². The highest BCUT2D eigenvalue weighted by atomic mass is 16.5. The van der Waals surface area contributed by atoms with Crippen molar-refractivity contribution >= 4 is 16.8 Å².